The summed E-state index contributed by atoms with van der Waals surface area (Å²) in [4.78, 5) is 23.9. The van der Waals surface area contributed by atoms with Crippen LogP contribution in [0.2, 0.25) is 0 Å². The molecule has 1 atom stereocenters. The van der Waals surface area contributed by atoms with Gasteiger partial charge in [0, 0.05) is 6.54 Å². The zero-order valence-corrected chi connectivity index (χ0v) is 16.0. The third-order valence-corrected chi connectivity index (χ3v) is 5.14. The number of nitrogens with one attached hydrogen (secondary N) is 2. The zero-order chi connectivity index (χ0) is 19.9. The van der Waals surface area contributed by atoms with Crippen molar-refractivity contribution in [1.82, 2.24) is 10.0 Å². The maximum atomic E-state index is 12.0. The quantitative estimate of drug-likeness (QED) is 0.666. The maximum absolute atomic E-state index is 12.0. The lowest BCUT2D eigenvalue weighted by molar-refractivity contribution is -0.153. The van der Waals surface area contributed by atoms with Crippen molar-refractivity contribution in [3.8, 4) is 0 Å². The van der Waals surface area contributed by atoms with Crippen molar-refractivity contribution < 1.29 is 22.7 Å². The number of esters is 1. The molecule has 0 aliphatic rings. The minimum atomic E-state index is -3.81. The Morgan fingerprint density at radius 3 is 2.30 bits per heavy atom. The monoisotopic (exact) mass is 390 g/mol. The molecule has 2 N–H and O–H groups in total. The van der Waals surface area contributed by atoms with Crippen molar-refractivity contribution in [2.75, 3.05) is 6.54 Å². The van der Waals surface area contributed by atoms with Gasteiger partial charge in [0.1, 0.15) is 6.54 Å². The van der Waals surface area contributed by atoms with Crippen LogP contribution in [0.3, 0.4) is 0 Å². The average Bonchev–Trinajstić information content (AvgIpc) is 2.66. The number of aryl methyl sites for hydroxylation is 1. The van der Waals surface area contributed by atoms with Gasteiger partial charge in [-0.15, -0.1) is 0 Å². The number of carbonyl (C=O) groups is 2. The SMILES string of the molecule is Cc1ccc(CNC(=O)[C@@H](C)OC(=O)CNS(=O)(=O)c2ccccc2)cc1. The minimum absolute atomic E-state index is 0.0432. The number of rotatable bonds is 8. The van der Waals surface area contributed by atoms with Gasteiger partial charge in [0.2, 0.25) is 10.0 Å². The lowest BCUT2D eigenvalue weighted by Gasteiger charge is -2.14. The molecule has 8 heteroatoms. The largest absolute Gasteiger partial charge is 0.452 e. The maximum Gasteiger partial charge on any atom is 0.321 e. The Morgan fingerprint density at radius 2 is 1.67 bits per heavy atom. The van der Waals surface area contributed by atoms with Crippen LogP contribution >= 0.6 is 0 Å². The summed E-state index contributed by atoms with van der Waals surface area (Å²) >= 11 is 0. The van der Waals surface area contributed by atoms with Gasteiger partial charge in [0.15, 0.2) is 6.10 Å². The molecule has 0 saturated heterocycles. The molecule has 0 heterocycles. The zero-order valence-electron chi connectivity index (χ0n) is 15.1. The van der Waals surface area contributed by atoms with Gasteiger partial charge in [-0.3, -0.25) is 9.59 Å². The number of ether oxygens (including phenoxy) is 1. The third kappa shape index (κ3) is 6.50. The molecule has 0 aliphatic carbocycles. The summed E-state index contributed by atoms with van der Waals surface area (Å²) in [7, 11) is -3.81. The van der Waals surface area contributed by atoms with Crippen LogP contribution in [0.1, 0.15) is 18.1 Å². The Balaban J connectivity index is 1.79. The van der Waals surface area contributed by atoms with E-state index in [9.17, 15) is 18.0 Å². The normalized spacial score (nSPS) is 12.2. The van der Waals surface area contributed by atoms with E-state index in [4.69, 9.17) is 4.74 Å². The number of hydrogen-bond donors (Lipinski definition) is 2. The molecule has 7 nitrogen and oxygen atoms in total. The number of hydrogen-bond acceptors (Lipinski definition) is 5. The Labute approximate surface area is 158 Å². The molecule has 1 amide bonds. The highest BCUT2D eigenvalue weighted by Crippen LogP contribution is 2.07. The Kier molecular flexibility index (Phi) is 7.09. The van der Waals surface area contributed by atoms with E-state index in [1.54, 1.807) is 18.2 Å². The van der Waals surface area contributed by atoms with Crippen LogP contribution in [0.25, 0.3) is 0 Å². The van der Waals surface area contributed by atoms with E-state index in [0.29, 0.717) is 6.54 Å². The molecule has 27 heavy (non-hydrogen) atoms. The number of amides is 1. The molecule has 0 bridgehead atoms. The van der Waals surface area contributed by atoms with E-state index >= 15 is 0 Å². The Bertz CT molecular complexity index is 880. The minimum Gasteiger partial charge on any atom is -0.452 e. The van der Waals surface area contributed by atoms with Crippen molar-refractivity contribution in [3.63, 3.8) is 0 Å². The van der Waals surface area contributed by atoms with Gasteiger partial charge < -0.3 is 10.1 Å². The molecule has 0 radical (unpaired) electrons. The summed E-state index contributed by atoms with van der Waals surface area (Å²) < 4.78 is 31.2. The highest BCUT2D eigenvalue weighted by atomic mass is 32.2. The molecule has 2 aromatic carbocycles. The van der Waals surface area contributed by atoms with Gasteiger partial charge >= 0.3 is 5.97 Å². The molecular weight excluding hydrogens is 368 g/mol. The average molecular weight is 390 g/mol. The van der Waals surface area contributed by atoms with Crippen molar-refractivity contribution in [2.45, 2.75) is 31.4 Å². The molecule has 2 rings (SSSR count). The van der Waals surface area contributed by atoms with E-state index in [1.807, 2.05) is 31.2 Å². The van der Waals surface area contributed by atoms with Crippen molar-refractivity contribution in [1.29, 1.82) is 0 Å². The molecular formula is C19H22N2O5S. The van der Waals surface area contributed by atoms with Gasteiger partial charge in [-0.2, -0.15) is 4.72 Å². The third-order valence-electron chi connectivity index (χ3n) is 3.72. The highest BCUT2D eigenvalue weighted by Gasteiger charge is 2.20. The van der Waals surface area contributed by atoms with E-state index in [2.05, 4.69) is 10.0 Å². The van der Waals surface area contributed by atoms with Crippen LogP contribution in [0, 0.1) is 6.92 Å². The first kappa shape index (κ1) is 20.6. The van der Waals surface area contributed by atoms with Crippen LogP contribution in [0.5, 0.6) is 0 Å². The molecule has 0 aliphatic heterocycles. The topological polar surface area (TPSA) is 102 Å². The number of benzene rings is 2. The summed E-state index contributed by atoms with van der Waals surface area (Å²) in [6.45, 7) is 3.14. The van der Waals surface area contributed by atoms with Crippen LogP contribution in [0.4, 0.5) is 0 Å². The fourth-order valence-electron chi connectivity index (χ4n) is 2.17. The van der Waals surface area contributed by atoms with Gasteiger partial charge in [-0.1, -0.05) is 48.0 Å². The summed E-state index contributed by atoms with van der Waals surface area (Å²) in [6, 6.07) is 15.3. The van der Waals surface area contributed by atoms with E-state index < -0.39 is 34.5 Å². The molecule has 0 fully saturated rings. The van der Waals surface area contributed by atoms with Gasteiger partial charge in [-0.25, -0.2) is 8.42 Å². The van der Waals surface area contributed by atoms with Gasteiger partial charge in [-0.05, 0) is 31.5 Å². The standard InChI is InChI=1S/C19H22N2O5S/c1-14-8-10-16(11-9-14)12-20-19(23)15(2)26-18(22)13-21-27(24,25)17-6-4-3-5-7-17/h3-11,15,21H,12-13H2,1-2H3,(H,20,23)/t15-/m1/s1. The number of carbonyl (C=O) groups excluding carboxylic acids is 2. The first-order valence-corrected chi connectivity index (χ1v) is 9.84. The lowest BCUT2D eigenvalue weighted by atomic mass is 10.1. The summed E-state index contributed by atoms with van der Waals surface area (Å²) in [5.41, 5.74) is 2.04. The fourth-order valence-corrected chi connectivity index (χ4v) is 3.16. The second-order valence-electron chi connectivity index (χ2n) is 5.97. The van der Waals surface area contributed by atoms with Crippen LogP contribution in [0.15, 0.2) is 59.5 Å². The summed E-state index contributed by atoms with van der Waals surface area (Å²) in [5.74, 6) is -1.30. The summed E-state index contributed by atoms with van der Waals surface area (Å²) in [5, 5.41) is 2.67. The molecule has 0 saturated carbocycles. The highest BCUT2D eigenvalue weighted by molar-refractivity contribution is 7.89. The van der Waals surface area contributed by atoms with Crippen LogP contribution in [-0.4, -0.2) is 32.9 Å². The molecule has 144 valence electrons. The Morgan fingerprint density at radius 1 is 1.04 bits per heavy atom. The lowest BCUT2D eigenvalue weighted by Crippen LogP contribution is -2.38. The predicted octanol–water partition coefficient (Wildman–Crippen LogP) is 1.52. The van der Waals surface area contributed by atoms with Gasteiger partial charge in [0.25, 0.3) is 5.91 Å². The second-order valence-corrected chi connectivity index (χ2v) is 7.74. The van der Waals surface area contributed by atoms with Gasteiger partial charge in [0.05, 0.1) is 4.90 Å². The predicted molar refractivity (Wildman–Crippen MR) is 100 cm³/mol. The molecule has 0 unspecified atom stereocenters. The second kappa shape index (κ2) is 9.29. The van der Waals surface area contributed by atoms with Crippen molar-refractivity contribution in [2.24, 2.45) is 0 Å². The molecule has 0 aromatic heterocycles. The number of sulfonamides is 1. The van der Waals surface area contributed by atoms with E-state index in [0.717, 1.165) is 11.1 Å². The fraction of sp³-hybridized carbons (Fsp3) is 0.263. The van der Waals surface area contributed by atoms with E-state index in [-0.39, 0.29) is 4.90 Å². The Hall–Kier alpha value is -2.71. The molecule has 2 aromatic rings. The van der Waals surface area contributed by atoms with Crippen molar-refractivity contribution in [3.05, 3.63) is 65.7 Å². The van der Waals surface area contributed by atoms with Crippen LogP contribution < -0.4 is 10.0 Å². The van der Waals surface area contributed by atoms with Crippen molar-refractivity contribution >= 4 is 21.9 Å². The van der Waals surface area contributed by atoms with E-state index in [1.165, 1.54) is 19.1 Å². The first-order valence-electron chi connectivity index (χ1n) is 8.35. The summed E-state index contributed by atoms with van der Waals surface area (Å²) in [6.07, 6.45) is -1.04. The first-order chi connectivity index (χ1) is 12.8. The van der Waals surface area contributed by atoms with Crippen LogP contribution in [-0.2, 0) is 30.9 Å². The molecule has 0 spiro atoms. The smallest absolute Gasteiger partial charge is 0.321 e.